The standard InChI is InChI=1S/C16H12BrNO/c17-9-11-5-7-12(8-6-11)16(19)14-10-18-15-4-2-1-3-13(14)15/h1-8,10,18H,9H2. The molecule has 0 aliphatic carbocycles. The predicted molar refractivity (Wildman–Crippen MR) is 80.8 cm³/mol. The van der Waals surface area contributed by atoms with E-state index >= 15 is 0 Å². The molecule has 0 bridgehead atoms. The molecule has 0 radical (unpaired) electrons. The largest absolute Gasteiger partial charge is 0.360 e. The van der Waals surface area contributed by atoms with Gasteiger partial charge < -0.3 is 4.98 Å². The number of halogens is 1. The van der Waals surface area contributed by atoms with Crippen LogP contribution >= 0.6 is 15.9 Å². The van der Waals surface area contributed by atoms with Crippen molar-refractivity contribution in [3.05, 3.63) is 71.4 Å². The van der Waals surface area contributed by atoms with Crippen molar-refractivity contribution >= 4 is 32.6 Å². The van der Waals surface area contributed by atoms with Crippen LogP contribution in [0.15, 0.2) is 54.7 Å². The van der Waals surface area contributed by atoms with Gasteiger partial charge in [-0.25, -0.2) is 0 Å². The molecule has 0 aliphatic rings. The number of aromatic amines is 1. The molecule has 19 heavy (non-hydrogen) atoms. The molecule has 2 aromatic carbocycles. The van der Waals surface area contributed by atoms with E-state index in [1.807, 2.05) is 48.5 Å². The second kappa shape index (κ2) is 5.02. The van der Waals surface area contributed by atoms with Crippen LogP contribution in [0.1, 0.15) is 21.5 Å². The average Bonchev–Trinajstić information content (AvgIpc) is 2.90. The molecule has 3 aromatic rings. The van der Waals surface area contributed by atoms with E-state index in [4.69, 9.17) is 0 Å². The van der Waals surface area contributed by atoms with Gasteiger partial charge in [-0.15, -0.1) is 0 Å². The lowest BCUT2D eigenvalue weighted by molar-refractivity contribution is 0.104. The zero-order chi connectivity index (χ0) is 13.2. The smallest absolute Gasteiger partial charge is 0.195 e. The Labute approximate surface area is 119 Å². The summed E-state index contributed by atoms with van der Waals surface area (Å²) in [5, 5.41) is 1.77. The molecular weight excluding hydrogens is 302 g/mol. The number of hydrogen-bond acceptors (Lipinski definition) is 1. The molecule has 0 spiro atoms. The van der Waals surface area contributed by atoms with Crippen molar-refractivity contribution in [1.82, 2.24) is 4.98 Å². The third-order valence-electron chi connectivity index (χ3n) is 3.20. The van der Waals surface area contributed by atoms with Crippen molar-refractivity contribution in [2.75, 3.05) is 0 Å². The minimum absolute atomic E-state index is 0.0542. The van der Waals surface area contributed by atoms with E-state index in [1.165, 1.54) is 0 Å². The molecule has 94 valence electrons. The van der Waals surface area contributed by atoms with Crippen molar-refractivity contribution in [1.29, 1.82) is 0 Å². The normalized spacial score (nSPS) is 10.8. The summed E-state index contributed by atoms with van der Waals surface area (Å²) in [6, 6.07) is 15.5. The first-order valence-corrected chi connectivity index (χ1v) is 7.17. The number of carbonyl (C=O) groups excluding carboxylic acids is 1. The number of hydrogen-bond donors (Lipinski definition) is 1. The van der Waals surface area contributed by atoms with Crippen molar-refractivity contribution in [2.24, 2.45) is 0 Å². The van der Waals surface area contributed by atoms with E-state index in [9.17, 15) is 4.79 Å². The van der Waals surface area contributed by atoms with Crippen LogP contribution in [0.2, 0.25) is 0 Å². The maximum absolute atomic E-state index is 12.5. The van der Waals surface area contributed by atoms with Crippen LogP contribution in [0.4, 0.5) is 0 Å². The molecule has 0 amide bonds. The molecule has 3 heteroatoms. The van der Waals surface area contributed by atoms with Crippen molar-refractivity contribution in [2.45, 2.75) is 5.33 Å². The summed E-state index contributed by atoms with van der Waals surface area (Å²) in [4.78, 5) is 15.6. The third-order valence-corrected chi connectivity index (χ3v) is 3.85. The number of ketones is 1. The van der Waals surface area contributed by atoms with Gasteiger partial charge in [-0.3, -0.25) is 4.79 Å². The van der Waals surface area contributed by atoms with Crippen LogP contribution in [0.25, 0.3) is 10.9 Å². The number of fused-ring (bicyclic) bond motifs is 1. The lowest BCUT2D eigenvalue weighted by Gasteiger charge is -2.01. The Morgan fingerprint density at radius 3 is 2.53 bits per heavy atom. The van der Waals surface area contributed by atoms with Gasteiger partial charge in [0.1, 0.15) is 0 Å². The summed E-state index contributed by atoms with van der Waals surface area (Å²) < 4.78 is 0. The minimum atomic E-state index is 0.0542. The average molecular weight is 314 g/mol. The van der Waals surface area contributed by atoms with E-state index in [0.29, 0.717) is 0 Å². The van der Waals surface area contributed by atoms with Gasteiger partial charge in [0.15, 0.2) is 5.78 Å². The molecule has 1 heterocycles. The van der Waals surface area contributed by atoms with Crippen LogP contribution in [0, 0.1) is 0 Å². The molecule has 1 N–H and O–H groups in total. The minimum Gasteiger partial charge on any atom is -0.360 e. The van der Waals surface area contributed by atoms with Gasteiger partial charge in [0.2, 0.25) is 0 Å². The van der Waals surface area contributed by atoms with Crippen LogP contribution in [-0.2, 0) is 5.33 Å². The van der Waals surface area contributed by atoms with Crippen LogP contribution in [0.3, 0.4) is 0 Å². The first-order chi connectivity index (χ1) is 9.29. The van der Waals surface area contributed by atoms with Gasteiger partial charge in [0.05, 0.1) is 0 Å². The zero-order valence-electron chi connectivity index (χ0n) is 10.2. The van der Waals surface area contributed by atoms with Gasteiger partial charge in [-0.1, -0.05) is 58.4 Å². The Hall–Kier alpha value is -1.87. The lowest BCUT2D eigenvalue weighted by atomic mass is 10.0. The Morgan fingerprint density at radius 1 is 1.05 bits per heavy atom. The van der Waals surface area contributed by atoms with Crippen LogP contribution in [0.5, 0.6) is 0 Å². The highest BCUT2D eigenvalue weighted by Gasteiger charge is 2.13. The highest BCUT2D eigenvalue weighted by atomic mass is 79.9. The van der Waals surface area contributed by atoms with Crippen LogP contribution in [-0.4, -0.2) is 10.8 Å². The molecule has 0 atom stereocenters. The van der Waals surface area contributed by atoms with E-state index in [-0.39, 0.29) is 5.78 Å². The fourth-order valence-corrected chi connectivity index (χ4v) is 2.53. The molecular formula is C16H12BrNO. The second-order valence-electron chi connectivity index (χ2n) is 4.41. The summed E-state index contributed by atoms with van der Waals surface area (Å²) in [7, 11) is 0. The Bertz CT molecular complexity index is 728. The van der Waals surface area contributed by atoms with E-state index < -0.39 is 0 Å². The van der Waals surface area contributed by atoms with Gasteiger partial charge in [-0.2, -0.15) is 0 Å². The Balaban J connectivity index is 2.03. The number of aromatic nitrogens is 1. The highest BCUT2D eigenvalue weighted by molar-refractivity contribution is 9.08. The Kier molecular flexibility index (Phi) is 3.22. The molecule has 0 fully saturated rings. The molecule has 0 saturated carbocycles. The van der Waals surface area contributed by atoms with Crippen molar-refractivity contribution in [3.63, 3.8) is 0 Å². The number of H-pyrrole nitrogens is 1. The van der Waals surface area contributed by atoms with Crippen molar-refractivity contribution in [3.8, 4) is 0 Å². The first kappa shape index (κ1) is 12.2. The first-order valence-electron chi connectivity index (χ1n) is 6.05. The molecule has 0 saturated heterocycles. The number of carbonyl (C=O) groups is 1. The molecule has 0 aliphatic heterocycles. The maximum atomic E-state index is 12.5. The Morgan fingerprint density at radius 2 is 1.79 bits per heavy atom. The zero-order valence-corrected chi connectivity index (χ0v) is 11.8. The number of nitrogens with one attached hydrogen (secondary N) is 1. The third kappa shape index (κ3) is 2.22. The highest BCUT2D eigenvalue weighted by Crippen LogP contribution is 2.21. The fraction of sp³-hybridized carbons (Fsp3) is 0.0625. The number of para-hydroxylation sites is 1. The topological polar surface area (TPSA) is 32.9 Å². The summed E-state index contributed by atoms with van der Waals surface area (Å²) in [5.41, 5.74) is 3.59. The van der Waals surface area contributed by atoms with Crippen molar-refractivity contribution < 1.29 is 4.79 Å². The summed E-state index contributed by atoms with van der Waals surface area (Å²) in [6.07, 6.45) is 1.78. The van der Waals surface area contributed by atoms with E-state index in [0.717, 1.165) is 32.9 Å². The van der Waals surface area contributed by atoms with E-state index in [1.54, 1.807) is 6.20 Å². The van der Waals surface area contributed by atoms with E-state index in [2.05, 4.69) is 20.9 Å². The maximum Gasteiger partial charge on any atom is 0.195 e. The summed E-state index contributed by atoms with van der Waals surface area (Å²) >= 11 is 3.40. The number of rotatable bonds is 3. The molecule has 2 nitrogen and oxygen atoms in total. The molecule has 0 unspecified atom stereocenters. The number of alkyl halides is 1. The van der Waals surface area contributed by atoms with Gasteiger partial charge >= 0.3 is 0 Å². The fourth-order valence-electron chi connectivity index (χ4n) is 2.16. The van der Waals surface area contributed by atoms with Crippen LogP contribution < -0.4 is 0 Å². The van der Waals surface area contributed by atoms with Gasteiger partial charge in [-0.05, 0) is 11.6 Å². The summed E-state index contributed by atoms with van der Waals surface area (Å²) in [6.45, 7) is 0. The van der Waals surface area contributed by atoms with Gasteiger partial charge in [0, 0.05) is 33.6 Å². The second-order valence-corrected chi connectivity index (χ2v) is 4.97. The predicted octanol–water partition coefficient (Wildman–Crippen LogP) is 4.29. The molecule has 3 rings (SSSR count). The monoisotopic (exact) mass is 313 g/mol. The molecule has 1 aromatic heterocycles. The SMILES string of the molecule is O=C(c1ccc(CBr)cc1)c1c[nH]c2ccccc12. The van der Waals surface area contributed by atoms with Gasteiger partial charge in [0.25, 0.3) is 0 Å². The quantitative estimate of drug-likeness (QED) is 0.567. The summed E-state index contributed by atoms with van der Waals surface area (Å²) in [5.74, 6) is 0.0542. The lowest BCUT2D eigenvalue weighted by Crippen LogP contribution is -2.00. The number of benzene rings is 2.